The third-order valence-electron chi connectivity index (χ3n) is 1.83. The molecule has 0 unspecified atom stereocenters. The Balaban J connectivity index is 2.63. The minimum atomic E-state index is -0.335. The van der Waals surface area contributed by atoms with Crippen molar-refractivity contribution in [1.29, 1.82) is 0 Å². The van der Waals surface area contributed by atoms with E-state index in [4.69, 9.17) is 11.6 Å². The SMILES string of the molecule is CN(C)CCc1ccc(Cl)c(F)c1. The maximum atomic E-state index is 13.0. The molecule has 0 aliphatic heterocycles. The van der Waals surface area contributed by atoms with Gasteiger partial charge in [-0.25, -0.2) is 4.39 Å². The summed E-state index contributed by atoms with van der Waals surface area (Å²) < 4.78 is 13.0. The number of rotatable bonds is 3. The first kappa shape index (κ1) is 10.5. The number of likely N-dealkylation sites (N-methyl/N-ethyl adjacent to an activating group) is 1. The summed E-state index contributed by atoms with van der Waals surface area (Å²) in [5, 5.41) is 0.189. The lowest BCUT2D eigenvalue weighted by molar-refractivity contribution is 0.413. The van der Waals surface area contributed by atoms with Gasteiger partial charge in [0.15, 0.2) is 0 Å². The third-order valence-corrected chi connectivity index (χ3v) is 2.14. The van der Waals surface area contributed by atoms with Crippen molar-refractivity contribution in [2.75, 3.05) is 20.6 Å². The maximum absolute atomic E-state index is 13.0. The Labute approximate surface area is 83.1 Å². The lowest BCUT2D eigenvalue weighted by atomic mass is 10.1. The van der Waals surface area contributed by atoms with E-state index >= 15 is 0 Å². The second kappa shape index (κ2) is 4.58. The molecule has 1 nitrogen and oxygen atoms in total. The fraction of sp³-hybridized carbons (Fsp3) is 0.400. The molecule has 1 rings (SSSR count). The molecule has 0 saturated carbocycles. The van der Waals surface area contributed by atoms with E-state index in [1.165, 1.54) is 6.07 Å². The zero-order valence-electron chi connectivity index (χ0n) is 7.85. The molecule has 0 N–H and O–H groups in total. The summed E-state index contributed by atoms with van der Waals surface area (Å²) in [5.74, 6) is -0.335. The van der Waals surface area contributed by atoms with Gasteiger partial charge in [-0.3, -0.25) is 0 Å². The van der Waals surface area contributed by atoms with E-state index < -0.39 is 0 Å². The van der Waals surface area contributed by atoms with Crippen molar-refractivity contribution in [3.8, 4) is 0 Å². The molecule has 3 heteroatoms. The van der Waals surface area contributed by atoms with Gasteiger partial charge in [-0.1, -0.05) is 17.7 Å². The first-order chi connectivity index (χ1) is 6.09. The standard InChI is InChI=1S/C10H13ClFN/c1-13(2)6-5-8-3-4-9(11)10(12)7-8/h3-4,7H,5-6H2,1-2H3. The molecule has 0 spiro atoms. The quantitative estimate of drug-likeness (QED) is 0.727. The van der Waals surface area contributed by atoms with Gasteiger partial charge in [0, 0.05) is 6.54 Å². The smallest absolute Gasteiger partial charge is 0.142 e. The number of hydrogen-bond donors (Lipinski definition) is 0. The van der Waals surface area contributed by atoms with E-state index in [0.717, 1.165) is 18.5 Å². The van der Waals surface area contributed by atoms with E-state index in [2.05, 4.69) is 4.90 Å². The van der Waals surface area contributed by atoms with E-state index in [9.17, 15) is 4.39 Å². The van der Waals surface area contributed by atoms with E-state index in [0.29, 0.717) is 0 Å². The van der Waals surface area contributed by atoms with Gasteiger partial charge in [-0.05, 0) is 38.2 Å². The molecular formula is C10H13ClFN. The van der Waals surface area contributed by atoms with Crippen LogP contribution in [0.5, 0.6) is 0 Å². The van der Waals surface area contributed by atoms with Gasteiger partial charge in [0.1, 0.15) is 5.82 Å². The fourth-order valence-electron chi connectivity index (χ4n) is 1.05. The van der Waals surface area contributed by atoms with Crippen molar-refractivity contribution in [2.24, 2.45) is 0 Å². The molecule has 0 saturated heterocycles. The lowest BCUT2D eigenvalue weighted by Gasteiger charge is -2.09. The summed E-state index contributed by atoms with van der Waals surface area (Å²) in [6.07, 6.45) is 0.848. The molecule has 0 bridgehead atoms. The Kier molecular flexibility index (Phi) is 3.70. The van der Waals surface area contributed by atoms with Gasteiger partial charge in [-0.15, -0.1) is 0 Å². The van der Waals surface area contributed by atoms with Crippen LogP contribution in [0, 0.1) is 5.82 Å². The summed E-state index contributed by atoms with van der Waals surface area (Å²) in [4.78, 5) is 2.06. The summed E-state index contributed by atoms with van der Waals surface area (Å²) in [6.45, 7) is 0.918. The van der Waals surface area contributed by atoms with Crippen LogP contribution in [0.2, 0.25) is 5.02 Å². The first-order valence-corrected chi connectivity index (χ1v) is 4.56. The lowest BCUT2D eigenvalue weighted by Crippen LogP contribution is -2.15. The molecule has 0 aliphatic carbocycles. The van der Waals surface area contributed by atoms with Crippen molar-refractivity contribution in [1.82, 2.24) is 4.90 Å². The molecule has 0 fully saturated rings. The van der Waals surface area contributed by atoms with Gasteiger partial charge in [-0.2, -0.15) is 0 Å². The molecule has 0 heterocycles. The Morgan fingerprint density at radius 3 is 2.62 bits per heavy atom. The Morgan fingerprint density at radius 2 is 2.08 bits per heavy atom. The monoisotopic (exact) mass is 201 g/mol. The van der Waals surface area contributed by atoms with Gasteiger partial charge < -0.3 is 4.90 Å². The number of benzene rings is 1. The second-order valence-electron chi connectivity index (χ2n) is 3.30. The van der Waals surface area contributed by atoms with Crippen LogP contribution in [0.3, 0.4) is 0 Å². The molecule has 0 amide bonds. The molecule has 1 aromatic carbocycles. The predicted octanol–water partition coefficient (Wildman–Crippen LogP) is 2.58. The van der Waals surface area contributed by atoms with Gasteiger partial charge in [0.2, 0.25) is 0 Å². The Hall–Kier alpha value is -0.600. The average molecular weight is 202 g/mol. The summed E-state index contributed by atoms with van der Waals surface area (Å²) in [5.41, 5.74) is 0.982. The van der Waals surface area contributed by atoms with Crippen molar-refractivity contribution in [2.45, 2.75) is 6.42 Å². The van der Waals surface area contributed by atoms with Crippen LogP contribution in [-0.4, -0.2) is 25.5 Å². The number of halogens is 2. The van der Waals surface area contributed by atoms with Crippen LogP contribution in [0.1, 0.15) is 5.56 Å². The van der Waals surface area contributed by atoms with Crippen molar-refractivity contribution in [3.05, 3.63) is 34.6 Å². The van der Waals surface area contributed by atoms with Crippen LogP contribution in [0.15, 0.2) is 18.2 Å². The molecule has 0 aliphatic rings. The van der Waals surface area contributed by atoms with Crippen molar-refractivity contribution >= 4 is 11.6 Å². The molecule has 1 aromatic rings. The zero-order chi connectivity index (χ0) is 9.84. The van der Waals surface area contributed by atoms with E-state index in [-0.39, 0.29) is 10.8 Å². The number of hydrogen-bond acceptors (Lipinski definition) is 1. The average Bonchev–Trinajstić information content (AvgIpc) is 2.07. The zero-order valence-corrected chi connectivity index (χ0v) is 8.61. The fourth-order valence-corrected chi connectivity index (χ4v) is 1.17. The summed E-state index contributed by atoms with van der Waals surface area (Å²) >= 11 is 5.56. The van der Waals surface area contributed by atoms with Crippen molar-refractivity contribution < 1.29 is 4.39 Å². The van der Waals surface area contributed by atoms with Crippen LogP contribution in [0.25, 0.3) is 0 Å². The summed E-state index contributed by atoms with van der Waals surface area (Å²) in [6, 6.07) is 4.95. The van der Waals surface area contributed by atoms with Crippen LogP contribution < -0.4 is 0 Å². The highest BCUT2D eigenvalue weighted by Crippen LogP contribution is 2.15. The number of nitrogens with zero attached hydrogens (tertiary/aromatic N) is 1. The topological polar surface area (TPSA) is 3.24 Å². The summed E-state index contributed by atoms with van der Waals surface area (Å²) in [7, 11) is 3.98. The highest BCUT2D eigenvalue weighted by Gasteiger charge is 2.00. The van der Waals surface area contributed by atoms with E-state index in [1.54, 1.807) is 6.07 Å². The molecule has 0 aromatic heterocycles. The van der Waals surface area contributed by atoms with Crippen LogP contribution in [-0.2, 0) is 6.42 Å². The largest absolute Gasteiger partial charge is 0.309 e. The minimum absolute atomic E-state index is 0.189. The minimum Gasteiger partial charge on any atom is -0.309 e. The van der Waals surface area contributed by atoms with Crippen LogP contribution >= 0.6 is 11.6 Å². The second-order valence-corrected chi connectivity index (χ2v) is 3.71. The van der Waals surface area contributed by atoms with Crippen LogP contribution in [0.4, 0.5) is 4.39 Å². The molecule has 72 valence electrons. The normalized spacial score (nSPS) is 10.8. The van der Waals surface area contributed by atoms with Gasteiger partial charge in [0.25, 0.3) is 0 Å². The van der Waals surface area contributed by atoms with E-state index in [1.807, 2.05) is 20.2 Å². The molecular weight excluding hydrogens is 189 g/mol. The van der Waals surface area contributed by atoms with Gasteiger partial charge in [0.05, 0.1) is 5.02 Å². The Morgan fingerprint density at radius 1 is 1.38 bits per heavy atom. The maximum Gasteiger partial charge on any atom is 0.142 e. The molecule has 0 radical (unpaired) electrons. The first-order valence-electron chi connectivity index (χ1n) is 4.18. The third kappa shape index (κ3) is 3.33. The highest BCUT2D eigenvalue weighted by molar-refractivity contribution is 6.30. The molecule has 13 heavy (non-hydrogen) atoms. The highest BCUT2D eigenvalue weighted by atomic mass is 35.5. The Bertz CT molecular complexity index is 286. The molecule has 0 atom stereocenters. The van der Waals surface area contributed by atoms with Gasteiger partial charge >= 0.3 is 0 Å². The predicted molar refractivity (Wildman–Crippen MR) is 53.7 cm³/mol. The van der Waals surface area contributed by atoms with Crippen molar-refractivity contribution in [3.63, 3.8) is 0 Å².